The molecule has 0 spiro atoms. The van der Waals surface area contributed by atoms with Crippen molar-refractivity contribution < 1.29 is 0 Å². The van der Waals surface area contributed by atoms with Crippen LogP contribution in [0.2, 0.25) is 0 Å². The largest absolute Gasteiger partial charge is 0.389 e. The SMILES string of the molecule is CCc1nnc(NC(C)(CC)CC)c(C(N)=S)c1CC. The molecule has 0 saturated carbocycles. The van der Waals surface area contributed by atoms with Gasteiger partial charge in [0.15, 0.2) is 5.82 Å². The van der Waals surface area contributed by atoms with Gasteiger partial charge < -0.3 is 11.1 Å². The smallest absolute Gasteiger partial charge is 0.159 e. The predicted octanol–water partition coefficient (Wildman–Crippen LogP) is 3.23. The number of anilines is 1. The molecule has 1 heterocycles. The summed E-state index contributed by atoms with van der Waals surface area (Å²) in [4.78, 5) is 0.392. The molecular weight excluding hydrogens is 268 g/mol. The first-order chi connectivity index (χ1) is 9.42. The van der Waals surface area contributed by atoms with Crippen LogP contribution < -0.4 is 11.1 Å². The van der Waals surface area contributed by atoms with Crippen LogP contribution in [0.4, 0.5) is 5.82 Å². The second kappa shape index (κ2) is 6.97. The molecule has 0 bridgehead atoms. The van der Waals surface area contributed by atoms with Crippen molar-refractivity contribution in [1.82, 2.24) is 10.2 Å². The van der Waals surface area contributed by atoms with Gasteiger partial charge in [0.25, 0.3) is 0 Å². The lowest BCUT2D eigenvalue weighted by Crippen LogP contribution is -2.35. The molecule has 0 atom stereocenters. The van der Waals surface area contributed by atoms with Crippen molar-refractivity contribution in [1.29, 1.82) is 0 Å². The highest BCUT2D eigenvalue weighted by molar-refractivity contribution is 7.80. The second-order valence-corrected chi connectivity index (χ2v) is 5.75. The van der Waals surface area contributed by atoms with Gasteiger partial charge in [0.1, 0.15) is 4.99 Å². The maximum Gasteiger partial charge on any atom is 0.159 e. The topological polar surface area (TPSA) is 63.8 Å². The van der Waals surface area contributed by atoms with E-state index in [1.54, 1.807) is 0 Å². The summed E-state index contributed by atoms with van der Waals surface area (Å²) in [6, 6.07) is 0. The van der Waals surface area contributed by atoms with Crippen LogP contribution in [-0.2, 0) is 12.8 Å². The first kappa shape index (κ1) is 16.8. The molecule has 1 aromatic rings. The van der Waals surface area contributed by atoms with Gasteiger partial charge >= 0.3 is 0 Å². The molecule has 0 aliphatic carbocycles. The summed E-state index contributed by atoms with van der Waals surface area (Å²) in [6.07, 6.45) is 3.69. The van der Waals surface area contributed by atoms with E-state index in [0.717, 1.165) is 48.3 Å². The zero-order chi connectivity index (χ0) is 15.3. The fourth-order valence-electron chi connectivity index (χ4n) is 2.24. The van der Waals surface area contributed by atoms with Crippen LogP contribution in [0.15, 0.2) is 0 Å². The Bertz CT molecular complexity index is 481. The first-order valence-corrected chi connectivity index (χ1v) is 7.79. The lowest BCUT2D eigenvalue weighted by molar-refractivity contribution is 0.475. The third-order valence-corrected chi connectivity index (χ3v) is 4.28. The molecule has 1 aromatic heterocycles. The van der Waals surface area contributed by atoms with E-state index < -0.39 is 0 Å². The summed E-state index contributed by atoms with van der Waals surface area (Å²) >= 11 is 5.24. The van der Waals surface area contributed by atoms with Crippen LogP contribution in [0.1, 0.15) is 64.3 Å². The Kier molecular flexibility index (Phi) is 5.87. The number of hydrogen-bond acceptors (Lipinski definition) is 4. The van der Waals surface area contributed by atoms with Crippen molar-refractivity contribution in [3.05, 3.63) is 16.8 Å². The lowest BCUT2D eigenvalue weighted by Gasteiger charge is -2.30. The fraction of sp³-hybridized carbons (Fsp3) is 0.667. The van der Waals surface area contributed by atoms with E-state index in [1.165, 1.54) is 0 Å². The number of thiocarbonyl (C=S) groups is 1. The van der Waals surface area contributed by atoms with Crippen LogP contribution in [-0.4, -0.2) is 20.7 Å². The number of aromatic nitrogens is 2. The summed E-state index contributed by atoms with van der Waals surface area (Å²) in [6.45, 7) is 10.7. The van der Waals surface area contributed by atoms with Gasteiger partial charge in [0, 0.05) is 5.54 Å². The lowest BCUT2D eigenvalue weighted by atomic mass is 9.94. The highest BCUT2D eigenvalue weighted by Gasteiger charge is 2.24. The third-order valence-electron chi connectivity index (χ3n) is 4.07. The highest BCUT2D eigenvalue weighted by Crippen LogP contribution is 2.26. The van der Waals surface area contributed by atoms with Gasteiger partial charge in [-0.05, 0) is 38.2 Å². The molecule has 0 radical (unpaired) electrons. The average Bonchev–Trinajstić information content (AvgIpc) is 2.45. The fourth-order valence-corrected chi connectivity index (χ4v) is 2.46. The maximum absolute atomic E-state index is 5.94. The standard InChI is InChI=1S/C15H26N4S/c1-6-10-11(7-2)18-19-14(12(10)13(16)20)17-15(5,8-3)9-4/h6-9H2,1-5H3,(H2,16,20)(H,17,19). The van der Waals surface area contributed by atoms with E-state index in [9.17, 15) is 0 Å². The molecule has 112 valence electrons. The molecule has 4 nitrogen and oxygen atoms in total. The molecular formula is C15H26N4S. The number of nitrogens with two attached hydrogens (primary N) is 1. The molecule has 0 aromatic carbocycles. The highest BCUT2D eigenvalue weighted by atomic mass is 32.1. The maximum atomic E-state index is 5.94. The second-order valence-electron chi connectivity index (χ2n) is 5.31. The van der Waals surface area contributed by atoms with Gasteiger partial charge in [0.2, 0.25) is 0 Å². The van der Waals surface area contributed by atoms with Crippen molar-refractivity contribution in [3.63, 3.8) is 0 Å². The van der Waals surface area contributed by atoms with Gasteiger partial charge in [-0.3, -0.25) is 0 Å². The van der Waals surface area contributed by atoms with E-state index in [1.807, 2.05) is 0 Å². The van der Waals surface area contributed by atoms with Crippen molar-refractivity contribution in [2.45, 2.75) is 65.8 Å². The molecule has 20 heavy (non-hydrogen) atoms. The van der Waals surface area contributed by atoms with Crippen molar-refractivity contribution >= 4 is 23.0 Å². The Balaban J connectivity index is 3.37. The van der Waals surface area contributed by atoms with E-state index in [0.29, 0.717) is 4.99 Å². The number of nitrogens with one attached hydrogen (secondary N) is 1. The molecule has 3 N–H and O–H groups in total. The van der Waals surface area contributed by atoms with E-state index in [4.69, 9.17) is 18.0 Å². The Morgan fingerprint density at radius 1 is 1.15 bits per heavy atom. The summed E-state index contributed by atoms with van der Waals surface area (Å²) in [5, 5.41) is 12.2. The molecule has 0 saturated heterocycles. The summed E-state index contributed by atoms with van der Waals surface area (Å²) < 4.78 is 0. The number of hydrogen-bond donors (Lipinski definition) is 2. The first-order valence-electron chi connectivity index (χ1n) is 7.38. The number of aryl methyl sites for hydroxylation is 1. The average molecular weight is 294 g/mol. The summed E-state index contributed by atoms with van der Waals surface area (Å²) in [5.74, 6) is 0.720. The Morgan fingerprint density at radius 2 is 1.75 bits per heavy atom. The molecule has 5 heteroatoms. The molecule has 0 amide bonds. The van der Waals surface area contributed by atoms with Crippen LogP contribution >= 0.6 is 12.2 Å². The molecule has 1 rings (SSSR count). The van der Waals surface area contributed by atoms with Crippen molar-refractivity contribution in [3.8, 4) is 0 Å². The van der Waals surface area contributed by atoms with Gasteiger partial charge in [0.05, 0.1) is 11.3 Å². The van der Waals surface area contributed by atoms with E-state index >= 15 is 0 Å². The molecule has 0 aliphatic rings. The van der Waals surface area contributed by atoms with Gasteiger partial charge in [-0.15, -0.1) is 5.10 Å². The summed E-state index contributed by atoms with van der Waals surface area (Å²) in [7, 11) is 0. The van der Waals surface area contributed by atoms with Crippen molar-refractivity contribution in [2.24, 2.45) is 5.73 Å². The van der Waals surface area contributed by atoms with Crippen LogP contribution in [0, 0.1) is 0 Å². The van der Waals surface area contributed by atoms with Crippen molar-refractivity contribution in [2.75, 3.05) is 5.32 Å². The van der Waals surface area contributed by atoms with Gasteiger partial charge in [-0.2, -0.15) is 5.10 Å². The Labute approximate surface area is 127 Å². The zero-order valence-corrected chi connectivity index (χ0v) is 14.0. The number of nitrogens with zero attached hydrogens (tertiary/aromatic N) is 2. The minimum Gasteiger partial charge on any atom is -0.389 e. The predicted molar refractivity (Wildman–Crippen MR) is 89.3 cm³/mol. The minimum atomic E-state index is -0.0209. The van der Waals surface area contributed by atoms with Crippen LogP contribution in [0.3, 0.4) is 0 Å². The Morgan fingerprint density at radius 3 is 2.15 bits per heavy atom. The molecule has 0 fully saturated rings. The van der Waals surface area contributed by atoms with E-state index in [-0.39, 0.29) is 5.54 Å². The zero-order valence-electron chi connectivity index (χ0n) is 13.2. The van der Waals surface area contributed by atoms with E-state index in [2.05, 4.69) is 50.1 Å². The van der Waals surface area contributed by atoms with Gasteiger partial charge in [-0.1, -0.05) is 39.9 Å². The van der Waals surface area contributed by atoms with Crippen LogP contribution in [0.25, 0.3) is 0 Å². The number of rotatable bonds is 7. The monoisotopic (exact) mass is 294 g/mol. The quantitative estimate of drug-likeness (QED) is 0.756. The molecule has 0 unspecified atom stereocenters. The van der Waals surface area contributed by atoms with Gasteiger partial charge in [-0.25, -0.2) is 0 Å². The minimum absolute atomic E-state index is 0.0209. The van der Waals surface area contributed by atoms with Crippen LogP contribution in [0.5, 0.6) is 0 Å². The normalized spacial score (nSPS) is 11.4. The summed E-state index contributed by atoms with van der Waals surface area (Å²) in [5.41, 5.74) is 8.88. The Hall–Kier alpha value is -1.23. The third kappa shape index (κ3) is 3.45. The molecule has 0 aliphatic heterocycles.